The second-order valence-corrected chi connectivity index (χ2v) is 6.27. The van der Waals surface area contributed by atoms with Gasteiger partial charge in [-0.3, -0.25) is 4.79 Å². The highest BCUT2D eigenvalue weighted by molar-refractivity contribution is 8.00. The molecule has 0 aliphatic heterocycles. The summed E-state index contributed by atoms with van der Waals surface area (Å²) in [6, 6.07) is 2.19. The summed E-state index contributed by atoms with van der Waals surface area (Å²) >= 11 is 1.65. The summed E-state index contributed by atoms with van der Waals surface area (Å²) in [6.07, 6.45) is 2.27. The fourth-order valence-electron chi connectivity index (χ4n) is 1.14. The van der Waals surface area contributed by atoms with Gasteiger partial charge in [-0.2, -0.15) is 5.26 Å². The van der Waals surface area contributed by atoms with Gasteiger partial charge < -0.3 is 5.32 Å². The molecular weight excluding hydrogens is 232 g/mol. The molecule has 0 radical (unpaired) electrons. The Labute approximate surface area is 109 Å². The number of nitrogens with one attached hydrogen (secondary N) is 1. The maximum Gasteiger partial charge on any atom is 0.234 e. The molecule has 0 aromatic carbocycles. The molecule has 0 aromatic rings. The van der Waals surface area contributed by atoms with Crippen molar-refractivity contribution in [2.24, 2.45) is 5.92 Å². The Bertz CT molecular complexity index is 286. The van der Waals surface area contributed by atoms with Crippen LogP contribution in [0.25, 0.3) is 0 Å². The summed E-state index contributed by atoms with van der Waals surface area (Å²) in [4.78, 5) is 11.9. The van der Waals surface area contributed by atoms with Crippen LogP contribution in [0.2, 0.25) is 0 Å². The molecule has 0 spiro atoms. The van der Waals surface area contributed by atoms with Crippen molar-refractivity contribution in [3.05, 3.63) is 0 Å². The third-order valence-corrected chi connectivity index (χ3v) is 4.24. The van der Waals surface area contributed by atoms with Crippen molar-refractivity contribution in [3.63, 3.8) is 0 Å². The zero-order valence-corrected chi connectivity index (χ0v) is 12.4. The van der Waals surface area contributed by atoms with E-state index in [-0.39, 0.29) is 17.1 Å². The van der Waals surface area contributed by atoms with Crippen molar-refractivity contribution in [2.75, 3.05) is 5.75 Å². The van der Waals surface area contributed by atoms with Gasteiger partial charge in [0.15, 0.2) is 0 Å². The lowest BCUT2D eigenvalue weighted by molar-refractivity contribution is -0.121. The van der Waals surface area contributed by atoms with Gasteiger partial charge in [0.1, 0.15) is 5.54 Å². The van der Waals surface area contributed by atoms with Gasteiger partial charge >= 0.3 is 0 Å². The van der Waals surface area contributed by atoms with Gasteiger partial charge in [-0.05, 0) is 31.9 Å². The zero-order chi connectivity index (χ0) is 13.5. The fraction of sp³-hybridized carbons (Fsp3) is 0.846. The number of carbonyl (C=O) groups is 1. The third-order valence-electron chi connectivity index (χ3n) is 3.00. The highest BCUT2D eigenvalue weighted by Gasteiger charge is 2.31. The van der Waals surface area contributed by atoms with E-state index in [0.717, 1.165) is 18.6 Å². The predicted octanol–water partition coefficient (Wildman–Crippen LogP) is 2.96. The van der Waals surface area contributed by atoms with E-state index in [9.17, 15) is 4.79 Å². The average Bonchev–Trinajstić information content (AvgIpc) is 2.28. The second kappa shape index (κ2) is 7.60. The Morgan fingerprint density at radius 2 is 2.06 bits per heavy atom. The van der Waals surface area contributed by atoms with Crippen molar-refractivity contribution in [2.45, 2.75) is 58.2 Å². The first-order valence-electron chi connectivity index (χ1n) is 6.22. The molecule has 2 atom stereocenters. The summed E-state index contributed by atoms with van der Waals surface area (Å²) < 4.78 is 0. The molecule has 1 N–H and O–H groups in total. The molecule has 0 heterocycles. The summed E-state index contributed by atoms with van der Waals surface area (Å²) in [5.74, 6) is 1.06. The maximum absolute atomic E-state index is 11.9. The molecule has 0 aliphatic rings. The Morgan fingerprint density at radius 3 is 2.47 bits per heavy atom. The van der Waals surface area contributed by atoms with Gasteiger partial charge in [-0.1, -0.05) is 27.2 Å². The van der Waals surface area contributed by atoms with Crippen LogP contribution in [0.3, 0.4) is 0 Å². The van der Waals surface area contributed by atoms with Crippen molar-refractivity contribution in [1.82, 2.24) is 5.32 Å². The molecule has 98 valence electrons. The first kappa shape index (κ1) is 16.3. The highest BCUT2D eigenvalue weighted by Crippen LogP contribution is 2.18. The summed E-state index contributed by atoms with van der Waals surface area (Å²) in [5.41, 5.74) is -0.767. The summed E-state index contributed by atoms with van der Waals surface area (Å²) in [6.45, 7) is 9.69. The van der Waals surface area contributed by atoms with Crippen LogP contribution in [0, 0.1) is 17.2 Å². The number of rotatable bonds is 7. The van der Waals surface area contributed by atoms with Crippen LogP contribution in [0.4, 0.5) is 0 Å². The number of hydrogen-bond donors (Lipinski definition) is 1. The zero-order valence-electron chi connectivity index (χ0n) is 11.5. The van der Waals surface area contributed by atoms with Crippen molar-refractivity contribution in [1.29, 1.82) is 5.26 Å². The number of thioether (sulfide) groups is 1. The Hall–Kier alpha value is -0.690. The SMILES string of the molecule is CCCCSC(C)C(=O)NC(C)(C#N)C(C)C. The third kappa shape index (κ3) is 5.45. The largest absolute Gasteiger partial charge is 0.337 e. The number of hydrogen-bond acceptors (Lipinski definition) is 3. The molecule has 2 unspecified atom stereocenters. The van der Waals surface area contributed by atoms with Crippen molar-refractivity contribution >= 4 is 17.7 Å². The van der Waals surface area contributed by atoms with Gasteiger partial charge in [0.25, 0.3) is 0 Å². The number of nitriles is 1. The standard InChI is InChI=1S/C13H24N2OS/c1-6-7-8-17-11(4)12(16)15-13(5,9-14)10(2)3/h10-11H,6-8H2,1-5H3,(H,15,16). The smallest absolute Gasteiger partial charge is 0.234 e. The topological polar surface area (TPSA) is 52.9 Å². The van der Waals surface area contributed by atoms with Gasteiger partial charge in [0.05, 0.1) is 11.3 Å². The van der Waals surface area contributed by atoms with Crippen LogP contribution in [0.1, 0.15) is 47.5 Å². The second-order valence-electron chi connectivity index (χ2n) is 4.82. The first-order valence-corrected chi connectivity index (χ1v) is 7.27. The Kier molecular flexibility index (Phi) is 7.29. The van der Waals surface area contributed by atoms with Crippen LogP contribution in [-0.4, -0.2) is 22.4 Å². The minimum atomic E-state index is -0.767. The lowest BCUT2D eigenvalue weighted by atomic mass is 9.90. The summed E-state index contributed by atoms with van der Waals surface area (Å²) in [5, 5.41) is 11.9. The molecule has 0 fully saturated rings. The Balaban J connectivity index is 4.29. The predicted molar refractivity (Wildman–Crippen MR) is 73.8 cm³/mol. The molecule has 0 saturated heterocycles. The van der Waals surface area contributed by atoms with Crippen LogP contribution in [0.5, 0.6) is 0 Å². The van der Waals surface area contributed by atoms with Gasteiger partial charge in [-0.25, -0.2) is 0 Å². The quantitative estimate of drug-likeness (QED) is 0.712. The molecule has 0 aromatic heterocycles. The van der Waals surface area contributed by atoms with E-state index in [1.54, 1.807) is 18.7 Å². The van der Waals surface area contributed by atoms with Crippen LogP contribution < -0.4 is 5.32 Å². The molecule has 3 nitrogen and oxygen atoms in total. The van der Waals surface area contributed by atoms with Crippen LogP contribution in [0.15, 0.2) is 0 Å². The number of unbranched alkanes of at least 4 members (excludes halogenated alkanes) is 1. The van der Waals surface area contributed by atoms with E-state index in [1.807, 2.05) is 20.8 Å². The van der Waals surface area contributed by atoms with Crippen LogP contribution in [-0.2, 0) is 4.79 Å². The van der Waals surface area contributed by atoms with E-state index in [0.29, 0.717) is 0 Å². The average molecular weight is 256 g/mol. The van der Waals surface area contributed by atoms with Crippen LogP contribution >= 0.6 is 11.8 Å². The number of nitrogens with zero attached hydrogens (tertiary/aromatic N) is 1. The maximum atomic E-state index is 11.9. The number of carbonyl (C=O) groups excluding carboxylic acids is 1. The van der Waals surface area contributed by atoms with Gasteiger partial charge in [0.2, 0.25) is 5.91 Å². The van der Waals surface area contributed by atoms with E-state index in [1.165, 1.54) is 0 Å². The van der Waals surface area contributed by atoms with Crippen molar-refractivity contribution < 1.29 is 4.79 Å². The Morgan fingerprint density at radius 1 is 1.47 bits per heavy atom. The molecule has 1 amide bonds. The van der Waals surface area contributed by atoms with E-state index in [4.69, 9.17) is 5.26 Å². The molecule has 0 bridgehead atoms. The fourth-order valence-corrected chi connectivity index (χ4v) is 2.16. The molecular formula is C13H24N2OS. The molecule has 17 heavy (non-hydrogen) atoms. The first-order chi connectivity index (χ1) is 7.87. The normalized spacial score (nSPS) is 16.1. The van der Waals surface area contributed by atoms with E-state index in [2.05, 4.69) is 18.3 Å². The lowest BCUT2D eigenvalue weighted by Gasteiger charge is -2.28. The highest BCUT2D eigenvalue weighted by atomic mass is 32.2. The monoisotopic (exact) mass is 256 g/mol. The van der Waals surface area contributed by atoms with Crippen molar-refractivity contribution in [3.8, 4) is 6.07 Å². The van der Waals surface area contributed by atoms with E-state index >= 15 is 0 Å². The molecule has 4 heteroatoms. The minimum absolute atomic E-state index is 0.0381. The number of amides is 1. The minimum Gasteiger partial charge on any atom is -0.337 e. The summed E-state index contributed by atoms with van der Waals surface area (Å²) in [7, 11) is 0. The lowest BCUT2D eigenvalue weighted by Crippen LogP contribution is -2.51. The molecule has 0 rings (SSSR count). The van der Waals surface area contributed by atoms with Gasteiger partial charge in [0, 0.05) is 0 Å². The molecule has 0 saturated carbocycles. The van der Waals surface area contributed by atoms with Gasteiger partial charge in [-0.15, -0.1) is 11.8 Å². The van der Waals surface area contributed by atoms with E-state index < -0.39 is 5.54 Å². The molecule has 0 aliphatic carbocycles.